The van der Waals surface area contributed by atoms with E-state index in [1.165, 1.54) is 0 Å². The highest BCUT2D eigenvalue weighted by atomic mass is 35.5. The van der Waals surface area contributed by atoms with Crippen LogP contribution in [0.2, 0.25) is 5.02 Å². The molecule has 0 aromatic heterocycles. The minimum Gasteiger partial charge on any atom is -0.456 e. The second-order valence-electron chi connectivity index (χ2n) is 7.34. The molecule has 0 aliphatic carbocycles. The zero-order valence-corrected chi connectivity index (χ0v) is 16.5. The van der Waals surface area contributed by atoms with Crippen molar-refractivity contribution in [2.24, 2.45) is 0 Å². The van der Waals surface area contributed by atoms with E-state index >= 15 is 0 Å². The summed E-state index contributed by atoms with van der Waals surface area (Å²) in [5.41, 5.74) is 1.49. The van der Waals surface area contributed by atoms with Crippen LogP contribution in [-0.4, -0.2) is 17.4 Å². The van der Waals surface area contributed by atoms with E-state index in [2.05, 4.69) is 6.92 Å². The molecule has 3 nitrogen and oxygen atoms in total. The van der Waals surface area contributed by atoms with Crippen molar-refractivity contribution in [3.63, 3.8) is 0 Å². The maximum Gasteiger partial charge on any atom is 0.338 e. The molecule has 0 aliphatic heterocycles. The Kier molecular flexibility index (Phi) is 6.60. The van der Waals surface area contributed by atoms with Crippen molar-refractivity contribution in [3.05, 3.63) is 70.2 Å². The van der Waals surface area contributed by atoms with Crippen molar-refractivity contribution in [1.82, 2.24) is 0 Å². The highest BCUT2D eigenvalue weighted by molar-refractivity contribution is 6.30. The molecule has 1 unspecified atom stereocenters. The number of hydrogen-bond donors (Lipinski definition) is 0. The SMILES string of the molecule is CCCC(C(=O)c1ccc(Cl)cc1)c1ccc(C(=O)OC(C)(C)C)cc1. The van der Waals surface area contributed by atoms with Crippen molar-refractivity contribution in [3.8, 4) is 0 Å². The van der Waals surface area contributed by atoms with Gasteiger partial charge in [-0.15, -0.1) is 0 Å². The molecule has 0 spiro atoms. The summed E-state index contributed by atoms with van der Waals surface area (Å²) in [5, 5.41) is 0.607. The van der Waals surface area contributed by atoms with E-state index in [9.17, 15) is 9.59 Å². The highest BCUT2D eigenvalue weighted by Gasteiger charge is 2.22. The molecule has 2 aromatic carbocycles. The van der Waals surface area contributed by atoms with Gasteiger partial charge < -0.3 is 4.74 Å². The van der Waals surface area contributed by atoms with Gasteiger partial charge in [-0.2, -0.15) is 0 Å². The van der Waals surface area contributed by atoms with Crippen LogP contribution in [0, 0.1) is 0 Å². The fraction of sp³-hybridized carbons (Fsp3) is 0.364. The predicted octanol–water partition coefficient (Wildman–Crippen LogP) is 6.06. The lowest BCUT2D eigenvalue weighted by Crippen LogP contribution is -2.23. The number of ether oxygens (including phenoxy) is 1. The third-order valence-corrected chi connectivity index (χ3v) is 4.22. The maximum atomic E-state index is 12.9. The first kappa shape index (κ1) is 20.2. The number of carbonyl (C=O) groups is 2. The summed E-state index contributed by atoms with van der Waals surface area (Å²) in [6.45, 7) is 7.56. The van der Waals surface area contributed by atoms with Gasteiger partial charge in [0.25, 0.3) is 0 Å². The van der Waals surface area contributed by atoms with E-state index in [0.29, 0.717) is 16.1 Å². The number of benzene rings is 2. The van der Waals surface area contributed by atoms with Crippen LogP contribution in [0.3, 0.4) is 0 Å². The van der Waals surface area contributed by atoms with E-state index in [1.54, 1.807) is 36.4 Å². The van der Waals surface area contributed by atoms with Gasteiger partial charge in [-0.1, -0.05) is 37.1 Å². The first-order chi connectivity index (χ1) is 12.2. The molecule has 0 radical (unpaired) electrons. The Hall–Kier alpha value is -2.13. The van der Waals surface area contributed by atoms with Crippen LogP contribution in [0.4, 0.5) is 0 Å². The van der Waals surface area contributed by atoms with E-state index in [-0.39, 0.29) is 17.7 Å². The van der Waals surface area contributed by atoms with Crippen LogP contribution in [0.15, 0.2) is 48.5 Å². The molecular weight excluding hydrogens is 348 g/mol. The Morgan fingerprint density at radius 1 is 0.962 bits per heavy atom. The van der Waals surface area contributed by atoms with E-state index in [4.69, 9.17) is 16.3 Å². The number of carbonyl (C=O) groups excluding carboxylic acids is 2. The Morgan fingerprint density at radius 3 is 2.00 bits per heavy atom. The second-order valence-corrected chi connectivity index (χ2v) is 7.77. The van der Waals surface area contributed by atoms with Gasteiger partial charge in [0.1, 0.15) is 5.60 Å². The van der Waals surface area contributed by atoms with Crippen LogP contribution in [-0.2, 0) is 4.74 Å². The normalized spacial score (nSPS) is 12.5. The molecule has 138 valence electrons. The molecule has 1 atom stereocenters. The average Bonchev–Trinajstić information content (AvgIpc) is 2.58. The molecule has 2 rings (SSSR count). The van der Waals surface area contributed by atoms with Crippen molar-refractivity contribution in [2.45, 2.75) is 52.1 Å². The molecule has 4 heteroatoms. The summed E-state index contributed by atoms with van der Waals surface area (Å²) in [6.07, 6.45) is 1.63. The predicted molar refractivity (Wildman–Crippen MR) is 105 cm³/mol. The van der Waals surface area contributed by atoms with Gasteiger partial charge in [-0.3, -0.25) is 4.79 Å². The summed E-state index contributed by atoms with van der Waals surface area (Å²) in [6, 6.07) is 14.1. The first-order valence-electron chi connectivity index (χ1n) is 8.84. The quantitative estimate of drug-likeness (QED) is 0.457. The molecule has 0 fully saturated rings. The molecule has 0 heterocycles. The van der Waals surface area contributed by atoms with Gasteiger partial charge in [0.2, 0.25) is 0 Å². The molecule has 0 N–H and O–H groups in total. The summed E-state index contributed by atoms with van der Waals surface area (Å²) in [7, 11) is 0. The van der Waals surface area contributed by atoms with Gasteiger partial charge in [0.05, 0.1) is 5.56 Å². The first-order valence-corrected chi connectivity index (χ1v) is 9.22. The van der Waals surface area contributed by atoms with E-state index < -0.39 is 5.60 Å². The fourth-order valence-corrected chi connectivity index (χ4v) is 2.87. The van der Waals surface area contributed by atoms with Crippen LogP contribution < -0.4 is 0 Å². The highest BCUT2D eigenvalue weighted by Crippen LogP contribution is 2.27. The number of hydrogen-bond acceptors (Lipinski definition) is 3. The zero-order valence-electron chi connectivity index (χ0n) is 15.7. The smallest absolute Gasteiger partial charge is 0.338 e. The Labute approximate surface area is 160 Å². The van der Waals surface area contributed by atoms with Gasteiger partial charge in [-0.05, 0) is 69.2 Å². The van der Waals surface area contributed by atoms with Crippen molar-refractivity contribution < 1.29 is 14.3 Å². The Bertz CT molecular complexity index is 755. The number of halogens is 1. The molecular formula is C22H25ClO3. The van der Waals surface area contributed by atoms with Gasteiger partial charge in [0, 0.05) is 16.5 Å². The number of esters is 1. The molecule has 26 heavy (non-hydrogen) atoms. The topological polar surface area (TPSA) is 43.4 Å². The van der Waals surface area contributed by atoms with Crippen molar-refractivity contribution in [1.29, 1.82) is 0 Å². The fourth-order valence-electron chi connectivity index (χ4n) is 2.74. The van der Waals surface area contributed by atoms with Crippen LogP contribution in [0.1, 0.15) is 72.7 Å². The van der Waals surface area contributed by atoms with Gasteiger partial charge in [0.15, 0.2) is 5.78 Å². The number of ketones is 1. The number of Topliss-reactive ketones (excluding diaryl/α,β-unsaturated/α-hetero) is 1. The molecule has 0 bridgehead atoms. The van der Waals surface area contributed by atoms with Gasteiger partial charge >= 0.3 is 5.97 Å². The zero-order chi connectivity index (χ0) is 19.3. The standard InChI is InChI=1S/C22H25ClO3/c1-5-6-19(20(24)16-11-13-18(23)14-12-16)15-7-9-17(10-8-15)21(25)26-22(2,3)4/h7-14,19H,5-6H2,1-4H3. The monoisotopic (exact) mass is 372 g/mol. The minimum absolute atomic E-state index is 0.0635. The molecule has 0 saturated heterocycles. The summed E-state index contributed by atoms with van der Waals surface area (Å²) >= 11 is 5.91. The third kappa shape index (κ3) is 5.43. The largest absolute Gasteiger partial charge is 0.456 e. The van der Waals surface area contributed by atoms with Crippen molar-refractivity contribution in [2.75, 3.05) is 0 Å². The maximum absolute atomic E-state index is 12.9. The summed E-state index contributed by atoms with van der Waals surface area (Å²) in [5.74, 6) is -0.539. The lowest BCUT2D eigenvalue weighted by atomic mass is 9.87. The lowest BCUT2D eigenvalue weighted by Gasteiger charge is -2.20. The molecule has 2 aromatic rings. The molecule has 0 saturated carbocycles. The van der Waals surface area contributed by atoms with Crippen LogP contribution in [0.5, 0.6) is 0 Å². The van der Waals surface area contributed by atoms with Crippen LogP contribution in [0.25, 0.3) is 0 Å². The van der Waals surface area contributed by atoms with Gasteiger partial charge in [-0.25, -0.2) is 4.79 Å². The van der Waals surface area contributed by atoms with Crippen LogP contribution >= 0.6 is 11.6 Å². The second kappa shape index (κ2) is 8.50. The lowest BCUT2D eigenvalue weighted by molar-refractivity contribution is 0.00694. The average molecular weight is 373 g/mol. The minimum atomic E-state index is -0.537. The van der Waals surface area contributed by atoms with E-state index in [0.717, 1.165) is 18.4 Å². The molecule has 0 amide bonds. The summed E-state index contributed by atoms with van der Waals surface area (Å²) < 4.78 is 5.38. The van der Waals surface area contributed by atoms with E-state index in [1.807, 2.05) is 32.9 Å². The van der Waals surface area contributed by atoms with Crippen molar-refractivity contribution >= 4 is 23.4 Å². The Balaban J connectivity index is 2.23. The summed E-state index contributed by atoms with van der Waals surface area (Å²) in [4.78, 5) is 25.1. The molecule has 0 aliphatic rings. The third-order valence-electron chi connectivity index (χ3n) is 3.97. The Morgan fingerprint density at radius 2 is 1.50 bits per heavy atom. The number of rotatable bonds is 6.